The molecule has 0 amide bonds. The second-order valence-electron chi connectivity index (χ2n) is 1.95. The van der Waals surface area contributed by atoms with Crippen molar-refractivity contribution in [3.05, 3.63) is 0 Å². The molecule has 14 heavy (non-hydrogen) atoms. The molecular formula is C4H2F7KO2. The molecule has 80 valence electrons. The van der Waals surface area contributed by atoms with Crippen LogP contribution in [0.1, 0.15) is 1.43 Å². The molecule has 0 aliphatic rings. The van der Waals surface area contributed by atoms with E-state index in [0.29, 0.717) is 0 Å². The third-order valence-corrected chi connectivity index (χ3v) is 1.02. The second kappa shape index (κ2) is 4.64. The van der Waals surface area contributed by atoms with Crippen molar-refractivity contribution in [3.8, 4) is 0 Å². The Kier molecular flexibility index (Phi) is 5.64. The molecule has 0 aliphatic heterocycles. The van der Waals surface area contributed by atoms with Crippen molar-refractivity contribution >= 4 is 5.97 Å². The Labute approximate surface area is 116 Å². The standard InChI is InChI=1S/C4HF7O2.K.H/c5-2(6,1(12)13)3(7,8)4(9,10)11;;/h(H,12,13);;/q;+1;-1. The Hall–Kier alpha value is 0.616. The van der Waals surface area contributed by atoms with Gasteiger partial charge in [0.1, 0.15) is 0 Å². The predicted octanol–water partition coefficient (Wildman–Crippen LogP) is -0.980. The minimum atomic E-state index is -6.60. The second-order valence-corrected chi connectivity index (χ2v) is 1.95. The van der Waals surface area contributed by atoms with Crippen LogP contribution in [0.5, 0.6) is 0 Å². The SMILES string of the molecule is O=C(O)C(F)(F)C(F)(F)C(F)(F)F.[H-].[K+]. The Balaban J connectivity index is -0.000000720. The molecule has 0 bridgehead atoms. The third kappa shape index (κ3) is 2.81. The first-order valence-corrected chi connectivity index (χ1v) is 2.50. The number of carboxylic acids is 1. The first-order valence-electron chi connectivity index (χ1n) is 2.50. The fourth-order valence-electron chi connectivity index (χ4n) is 0.312. The first-order chi connectivity index (χ1) is 5.44. The zero-order valence-corrected chi connectivity index (χ0v) is 9.62. The summed E-state index contributed by atoms with van der Waals surface area (Å²) in [6, 6.07) is 0. The van der Waals surface area contributed by atoms with Gasteiger partial charge in [0, 0.05) is 0 Å². The zero-order chi connectivity index (χ0) is 11.1. The van der Waals surface area contributed by atoms with E-state index in [1.807, 2.05) is 0 Å². The maximum Gasteiger partial charge on any atom is 1.00 e. The van der Waals surface area contributed by atoms with E-state index >= 15 is 0 Å². The van der Waals surface area contributed by atoms with Crippen molar-refractivity contribution in [1.82, 2.24) is 0 Å². The van der Waals surface area contributed by atoms with Gasteiger partial charge in [0.15, 0.2) is 0 Å². The molecule has 10 heteroatoms. The molecule has 0 aliphatic carbocycles. The van der Waals surface area contributed by atoms with E-state index in [1.54, 1.807) is 0 Å². The predicted molar refractivity (Wildman–Crippen MR) is 24.7 cm³/mol. The van der Waals surface area contributed by atoms with Crippen LogP contribution in [0.4, 0.5) is 30.7 Å². The fraction of sp³-hybridized carbons (Fsp3) is 0.750. The molecule has 0 heterocycles. The van der Waals surface area contributed by atoms with Crippen LogP contribution < -0.4 is 51.4 Å². The molecule has 0 aromatic rings. The van der Waals surface area contributed by atoms with Gasteiger partial charge < -0.3 is 6.53 Å². The summed E-state index contributed by atoms with van der Waals surface area (Å²) in [6.45, 7) is 0. The van der Waals surface area contributed by atoms with Crippen molar-refractivity contribution in [2.75, 3.05) is 0 Å². The average molecular weight is 254 g/mol. The summed E-state index contributed by atoms with van der Waals surface area (Å²) in [5.74, 6) is -16.3. The van der Waals surface area contributed by atoms with Gasteiger partial charge in [0.05, 0.1) is 0 Å². The monoisotopic (exact) mass is 254 g/mol. The van der Waals surface area contributed by atoms with Gasteiger partial charge in [0.2, 0.25) is 0 Å². The van der Waals surface area contributed by atoms with Crippen molar-refractivity contribution in [2.45, 2.75) is 18.0 Å². The summed E-state index contributed by atoms with van der Waals surface area (Å²) in [4.78, 5) is 9.38. The van der Waals surface area contributed by atoms with Crippen molar-refractivity contribution < 1.29 is 93.4 Å². The molecule has 0 unspecified atom stereocenters. The van der Waals surface area contributed by atoms with Crippen LogP contribution in [-0.2, 0) is 4.79 Å². The number of halogens is 7. The van der Waals surface area contributed by atoms with Gasteiger partial charge in [-0.3, -0.25) is 0 Å². The van der Waals surface area contributed by atoms with Gasteiger partial charge in [-0.25, -0.2) is 4.79 Å². The van der Waals surface area contributed by atoms with Crippen LogP contribution in [0, 0.1) is 0 Å². The first kappa shape index (κ1) is 17.0. The molecule has 1 N–H and O–H groups in total. The molecule has 0 rings (SSSR count). The Morgan fingerprint density at radius 1 is 1.00 bits per heavy atom. The van der Waals surface area contributed by atoms with E-state index in [9.17, 15) is 35.5 Å². The minimum absolute atomic E-state index is 0. The maximum absolute atomic E-state index is 11.8. The normalized spacial score (nSPS) is 13.4. The number of carbonyl (C=O) groups is 1. The van der Waals surface area contributed by atoms with Crippen LogP contribution in [-0.4, -0.2) is 29.1 Å². The molecule has 2 nitrogen and oxygen atoms in total. The summed E-state index contributed by atoms with van der Waals surface area (Å²) < 4.78 is 80.5. The number of aliphatic carboxylic acids is 1. The van der Waals surface area contributed by atoms with Gasteiger partial charge in [-0.2, -0.15) is 30.7 Å². The number of hydrogen-bond acceptors (Lipinski definition) is 1. The van der Waals surface area contributed by atoms with Crippen LogP contribution >= 0.6 is 0 Å². The van der Waals surface area contributed by atoms with E-state index in [1.165, 1.54) is 0 Å². The topological polar surface area (TPSA) is 37.3 Å². The number of carboxylic acid groups (broad SMARTS) is 1. The quantitative estimate of drug-likeness (QED) is 0.508. The zero-order valence-electron chi connectivity index (χ0n) is 7.50. The van der Waals surface area contributed by atoms with Gasteiger partial charge >= 0.3 is 75.4 Å². The van der Waals surface area contributed by atoms with Crippen molar-refractivity contribution in [1.29, 1.82) is 0 Å². The molecule has 0 aromatic carbocycles. The smallest absolute Gasteiger partial charge is 1.00 e. The van der Waals surface area contributed by atoms with E-state index in [0.717, 1.165) is 0 Å². The van der Waals surface area contributed by atoms with E-state index in [-0.39, 0.29) is 52.8 Å². The van der Waals surface area contributed by atoms with Crippen molar-refractivity contribution in [3.63, 3.8) is 0 Å². The van der Waals surface area contributed by atoms with Gasteiger partial charge in [-0.1, -0.05) is 0 Å². The van der Waals surface area contributed by atoms with E-state index < -0.39 is 24.0 Å². The van der Waals surface area contributed by atoms with Gasteiger partial charge in [-0.05, 0) is 0 Å². The molecule has 0 atom stereocenters. The Morgan fingerprint density at radius 2 is 1.29 bits per heavy atom. The molecule has 0 saturated carbocycles. The molecule has 0 spiro atoms. The van der Waals surface area contributed by atoms with Crippen LogP contribution in [0.2, 0.25) is 0 Å². The van der Waals surface area contributed by atoms with Gasteiger partial charge in [0.25, 0.3) is 0 Å². The van der Waals surface area contributed by atoms with Crippen molar-refractivity contribution in [2.24, 2.45) is 0 Å². The molecule has 0 radical (unpaired) electrons. The van der Waals surface area contributed by atoms with Crippen LogP contribution in [0.25, 0.3) is 0 Å². The molecular weight excluding hydrogens is 252 g/mol. The van der Waals surface area contributed by atoms with Gasteiger partial charge in [-0.15, -0.1) is 0 Å². The Bertz CT molecular complexity index is 228. The summed E-state index contributed by atoms with van der Waals surface area (Å²) in [6.07, 6.45) is -6.60. The third-order valence-electron chi connectivity index (χ3n) is 1.02. The largest absolute Gasteiger partial charge is 1.00 e. The Morgan fingerprint density at radius 3 is 1.36 bits per heavy atom. The number of rotatable bonds is 2. The fourth-order valence-corrected chi connectivity index (χ4v) is 0.312. The molecule has 0 saturated heterocycles. The van der Waals surface area contributed by atoms with Crippen LogP contribution in [0.15, 0.2) is 0 Å². The summed E-state index contributed by atoms with van der Waals surface area (Å²) in [7, 11) is 0. The summed E-state index contributed by atoms with van der Waals surface area (Å²) in [5, 5.41) is 7.41. The average Bonchev–Trinajstić information content (AvgIpc) is 1.84. The number of alkyl halides is 7. The maximum atomic E-state index is 11.8. The van der Waals surface area contributed by atoms with E-state index in [4.69, 9.17) is 5.11 Å². The minimum Gasteiger partial charge on any atom is -1.00 e. The molecule has 0 fully saturated rings. The summed E-state index contributed by atoms with van der Waals surface area (Å²) in [5.41, 5.74) is 0. The molecule has 0 aromatic heterocycles. The van der Waals surface area contributed by atoms with E-state index in [2.05, 4.69) is 0 Å². The number of hydrogen-bond donors (Lipinski definition) is 1. The van der Waals surface area contributed by atoms with Crippen LogP contribution in [0.3, 0.4) is 0 Å². The summed E-state index contributed by atoms with van der Waals surface area (Å²) >= 11 is 0.